The van der Waals surface area contributed by atoms with Crippen LogP contribution < -0.4 is 5.01 Å². The monoisotopic (exact) mass is 504 g/mol. The zero-order chi connectivity index (χ0) is 26.3. The summed E-state index contributed by atoms with van der Waals surface area (Å²) in [4.78, 5) is 23.9. The smallest absolute Gasteiger partial charge is 0.335 e. The van der Waals surface area contributed by atoms with Gasteiger partial charge in [0.05, 0.1) is 11.3 Å². The molecule has 0 aliphatic carbocycles. The highest BCUT2D eigenvalue weighted by Crippen LogP contribution is 2.38. The number of halogens is 5. The number of hydrogen-bond acceptors (Lipinski definition) is 6. The number of carbonyl (C=O) groups is 2. The van der Waals surface area contributed by atoms with E-state index in [4.69, 9.17) is 5.11 Å². The lowest BCUT2D eigenvalue weighted by molar-refractivity contribution is -0.118. The van der Waals surface area contributed by atoms with Crippen molar-refractivity contribution in [3.05, 3.63) is 77.1 Å². The number of azo groups is 1. The molecule has 3 aromatic carbocycles. The molecule has 0 spiro atoms. The average molecular weight is 504 g/mol. The van der Waals surface area contributed by atoms with Gasteiger partial charge in [-0.25, -0.2) is 26.7 Å². The van der Waals surface area contributed by atoms with E-state index in [0.717, 1.165) is 0 Å². The summed E-state index contributed by atoms with van der Waals surface area (Å²) in [5.74, 6) is -14.2. The molecule has 13 heteroatoms. The highest BCUT2D eigenvalue weighted by atomic mass is 19.2. The third-order valence-corrected chi connectivity index (χ3v) is 5.21. The third kappa shape index (κ3) is 4.04. The molecule has 3 aromatic rings. The lowest BCUT2D eigenvalue weighted by Gasteiger charge is -2.15. The molecule has 8 nitrogen and oxygen atoms in total. The third-order valence-electron chi connectivity index (χ3n) is 5.21. The molecule has 0 bridgehead atoms. The van der Waals surface area contributed by atoms with Gasteiger partial charge in [-0.3, -0.25) is 4.79 Å². The summed E-state index contributed by atoms with van der Waals surface area (Å²) in [6.45, 7) is 1.22. The van der Waals surface area contributed by atoms with Gasteiger partial charge in [-0.2, -0.15) is 20.3 Å². The van der Waals surface area contributed by atoms with Gasteiger partial charge in [-0.15, -0.1) is 0 Å². The topological polar surface area (TPSA) is 115 Å². The molecule has 2 N–H and O–H groups in total. The normalized spacial score (nSPS) is 15.6. The number of hydrogen-bond donors (Lipinski definition) is 2. The van der Waals surface area contributed by atoms with E-state index in [1.54, 1.807) is 6.07 Å². The summed E-state index contributed by atoms with van der Waals surface area (Å²) < 4.78 is 68.8. The molecule has 0 fully saturated rings. The summed E-state index contributed by atoms with van der Waals surface area (Å²) in [7, 11) is 0. The van der Waals surface area contributed by atoms with E-state index >= 15 is 0 Å². The van der Waals surface area contributed by atoms with E-state index in [-0.39, 0.29) is 27.5 Å². The Hall–Kier alpha value is -4.68. The Morgan fingerprint density at radius 2 is 1.58 bits per heavy atom. The zero-order valence-corrected chi connectivity index (χ0v) is 18.0. The van der Waals surface area contributed by atoms with Crippen LogP contribution in [0.3, 0.4) is 0 Å². The standard InChI is InChI=1S/C23H13F5N4O4/c1-9-19(22(34)32(31-9)20-17(27)15(25)14(24)16(26)18(20)28)30-29-13-7-3-6-12(21(13)33)10-4-2-5-11(8-10)23(35)36/h2-8,19,33H,1H3,(H,35,36). The van der Waals surface area contributed by atoms with E-state index < -0.39 is 58.4 Å². The van der Waals surface area contributed by atoms with E-state index in [0.29, 0.717) is 5.56 Å². The molecular weight excluding hydrogens is 491 g/mol. The average Bonchev–Trinajstić information content (AvgIpc) is 3.13. The molecule has 0 aromatic heterocycles. The molecule has 1 amide bonds. The number of aromatic hydroxyl groups is 1. The number of nitrogens with zero attached hydrogens (tertiary/aromatic N) is 4. The number of phenolic OH excluding ortho intramolecular Hbond substituents is 1. The largest absolute Gasteiger partial charge is 0.505 e. The first-order valence-corrected chi connectivity index (χ1v) is 10.00. The first kappa shape index (κ1) is 24.4. The maximum atomic E-state index is 14.2. The highest BCUT2D eigenvalue weighted by molar-refractivity contribution is 6.18. The fourth-order valence-corrected chi connectivity index (χ4v) is 3.41. The van der Waals surface area contributed by atoms with Crippen LogP contribution >= 0.6 is 0 Å². The molecule has 1 heterocycles. The molecule has 1 aliphatic heterocycles. The van der Waals surface area contributed by atoms with Crippen molar-refractivity contribution in [3.8, 4) is 16.9 Å². The Balaban J connectivity index is 1.66. The van der Waals surface area contributed by atoms with Crippen molar-refractivity contribution in [2.24, 2.45) is 15.3 Å². The fourth-order valence-electron chi connectivity index (χ4n) is 3.41. The summed E-state index contributed by atoms with van der Waals surface area (Å²) in [5.41, 5.74) is -1.37. The van der Waals surface area contributed by atoms with Gasteiger partial charge in [0.1, 0.15) is 11.4 Å². The van der Waals surface area contributed by atoms with Crippen LogP contribution in [0.1, 0.15) is 17.3 Å². The Kier molecular flexibility index (Phi) is 6.23. The van der Waals surface area contributed by atoms with Crippen molar-refractivity contribution >= 4 is 29.0 Å². The molecule has 1 unspecified atom stereocenters. The number of rotatable bonds is 5. The molecule has 184 valence electrons. The number of para-hydroxylation sites is 1. The predicted octanol–water partition coefficient (Wildman–Crippen LogP) is 5.33. The van der Waals surface area contributed by atoms with Gasteiger partial charge in [-0.05, 0) is 30.7 Å². The maximum absolute atomic E-state index is 14.2. The van der Waals surface area contributed by atoms with Crippen LogP contribution in [0.5, 0.6) is 5.75 Å². The number of amides is 1. The quantitative estimate of drug-likeness (QED) is 0.212. The highest BCUT2D eigenvalue weighted by Gasteiger charge is 2.40. The number of anilines is 1. The number of phenols is 1. The van der Waals surface area contributed by atoms with Crippen molar-refractivity contribution in [2.45, 2.75) is 13.0 Å². The van der Waals surface area contributed by atoms with Gasteiger partial charge in [-0.1, -0.05) is 24.3 Å². The van der Waals surface area contributed by atoms with Gasteiger partial charge >= 0.3 is 5.97 Å². The molecule has 1 aliphatic rings. The second-order valence-electron chi connectivity index (χ2n) is 7.49. The minimum absolute atomic E-state index is 0.0168. The van der Waals surface area contributed by atoms with Crippen molar-refractivity contribution in [3.63, 3.8) is 0 Å². The van der Waals surface area contributed by atoms with Crippen LogP contribution in [0, 0.1) is 29.1 Å². The Morgan fingerprint density at radius 3 is 2.22 bits per heavy atom. The molecule has 4 rings (SSSR count). The van der Waals surface area contributed by atoms with Crippen molar-refractivity contribution in [1.82, 2.24) is 0 Å². The van der Waals surface area contributed by atoms with Gasteiger partial charge in [0.25, 0.3) is 5.91 Å². The molecular formula is C23H13F5N4O4. The maximum Gasteiger partial charge on any atom is 0.335 e. The van der Waals surface area contributed by atoms with Crippen LogP contribution in [-0.2, 0) is 4.79 Å². The van der Waals surface area contributed by atoms with E-state index in [9.17, 15) is 36.6 Å². The van der Waals surface area contributed by atoms with Crippen LogP contribution in [0.4, 0.5) is 33.3 Å². The lowest BCUT2D eigenvalue weighted by Crippen LogP contribution is -2.31. The van der Waals surface area contributed by atoms with Crippen molar-refractivity contribution in [2.75, 3.05) is 5.01 Å². The summed E-state index contributed by atoms with van der Waals surface area (Å²) in [5, 5.41) is 30.9. The number of aromatic carboxylic acids is 1. The van der Waals surface area contributed by atoms with Gasteiger partial charge in [0.2, 0.25) is 5.82 Å². The molecule has 0 saturated carbocycles. The predicted molar refractivity (Wildman–Crippen MR) is 116 cm³/mol. The van der Waals surface area contributed by atoms with Gasteiger partial charge in [0, 0.05) is 5.56 Å². The van der Waals surface area contributed by atoms with E-state index in [1.165, 1.54) is 43.3 Å². The first-order chi connectivity index (χ1) is 17.0. The van der Waals surface area contributed by atoms with Crippen LogP contribution in [-0.4, -0.2) is 33.8 Å². The van der Waals surface area contributed by atoms with Crippen LogP contribution in [0.15, 0.2) is 57.8 Å². The van der Waals surface area contributed by atoms with Crippen LogP contribution in [0.2, 0.25) is 0 Å². The summed E-state index contributed by atoms with van der Waals surface area (Å²) >= 11 is 0. The van der Waals surface area contributed by atoms with E-state index in [2.05, 4.69) is 15.3 Å². The Bertz CT molecular complexity index is 1460. The zero-order valence-electron chi connectivity index (χ0n) is 18.0. The Morgan fingerprint density at radius 1 is 0.972 bits per heavy atom. The first-order valence-electron chi connectivity index (χ1n) is 10.00. The minimum atomic E-state index is -2.39. The van der Waals surface area contributed by atoms with E-state index in [1.807, 2.05) is 0 Å². The van der Waals surface area contributed by atoms with Gasteiger partial charge in [0.15, 0.2) is 35.1 Å². The number of benzene rings is 3. The lowest BCUT2D eigenvalue weighted by atomic mass is 10.0. The molecule has 1 atom stereocenters. The number of carboxylic acid groups (broad SMARTS) is 1. The second-order valence-corrected chi connectivity index (χ2v) is 7.49. The molecule has 0 radical (unpaired) electrons. The molecule has 36 heavy (non-hydrogen) atoms. The van der Waals surface area contributed by atoms with Crippen molar-refractivity contribution in [1.29, 1.82) is 0 Å². The number of hydrazone groups is 1. The SMILES string of the molecule is CC1=NN(c2c(F)c(F)c(F)c(F)c2F)C(=O)C1N=Nc1cccc(-c2cccc(C(=O)O)c2)c1O. The number of carboxylic acids is 1. The van der Waals surface area contributed by atoms with Crippen LogP contribution in [0.25, 0.3) is 11.1 Å². The fraction of sp³-hybridized carbons (Fsp3) is 0.0870. The van der Waals surface area contributed by atoms with Gasteiger partial charge < -0.3 is 10.2 Å². The number of carbonyl (C=O) groups excluding carboxylic acids is 1. The minimum Gasteiger partial charge on any atom is -0.505 e. The molecule has 0 saturated heterocycles. The summed E-state index contributed by atoms with van der Waals surface area (Å²) in [6, 6.07) is 8.37. The second kappa shape index (κ2) is 9.17. The summed E-state index contributed by atoms with van der Waals surface area (Å²) in [6.07, 6.45) is 0. The Labute approximate surface area is 198 Å². The van der Waals surface area contributed by atoms with Crippen molar-refractivity contribution < 1.29 is 41.8 Å².